The van der Waals surface area contributed by atoms with E-state index in [0.717, 1.165) is 17.2 Å². The minimum Gasteiger partial charge on any atom is -0.355 e. The lowest BCUT2D eigenvalue weighted by Gasteiger charge is -2.05. The molecule has 0 unspecified atom stereocenters. The lowest BCUT2D eigenvalue weighted by molar-refractivity contribution is -0.120. The molecule has 0 aromatic carbocycles. The average molecular weight is 212 g/mol. The summed E-state index contributed by atoms with van der Waals surface area (Å²) in [6.45, 7) is 6.83. The van der Waals surface area contributed by atoms with Crippen molar-refractivity contribution in [1.82, 2.24) is 10.3 Å². The third-order valence-electron chi connectivity index (χ3n) is 1.69. The molecular formula is C10H16N2OS. The number of aryl methyl sites for hydroxylation is 1. The van der Waals surface area contributed by atoms with E-state index >= 15 is 0 Å². The summed E-state index contributed by atoms with van der Waals surface area (Å²) in [5, 5.41) is 5.72. The van der Waals surface area contributed by atoms with E-state index in [1.54, 1.807) is 11.3 Å². The summed E-state index contributed by atoms with van der Waals surface area (Å²) in [4.78, 5) is 15.6. The Labute approximate surface area is 88.6 Å². The molecule has 3 nitrogen and oxygen atoms in total. The maximum atomic E-state index is 11.4. The number of thiazole rings is 1. The summed E-state index contributed by atoms with van der Waals surface area (Å²) in [7, 11) is 0. The third-order valence-corrected chi connectivity index (χ3v) is 2.65. The molecule has 0 atom stereocenters. The van der Waals surface area contributed by atoms with Crippen LogP contribution in [0, 0.1) is 12.8 Å². The first-order valence-electron chi connectivity index (χ1n) is 4.75. The van der Waals surface area contributed by atoms with Crippen LogP contribution < -0.4 is 5.32 Å². The summed E-state index contributed by atoms with van der Waals surface area (Å²) in [6.07, 6.45) is 0.408. The molecule has 78 valence electrons. The maximum Gasteiger partial charge on any atom is 0.226 e. The molecule has 1 heterocycles. The van der Waals surface area contributed by atoms with Gasteiger partial charge in [0.05, 0.1) is 6.42 Å². The van der Waals surface area contributed by atoms with E-state index in [0.29, 0.717) is 12.3 Å². The van der Waals surface area contributed by atoms with Gasteiger partial charge < -0.3 is 5.32 Å². The molecule has 1 aromatic heterocycles. The van der Waals surface area contributed by atoms with Gasteiger partial charge in [0.2, 0.25) is 5.91 Å². The van der Waals surface area contributed by atoms with E-state index in [9.17, 15) is 4.79 Å². The Bertz CT molecular complexity index is 307. The molecule has 1 amide bonds. The summed E-state index contributed by atoms with van der Waals surface area (Å²) in [5.41, 5.74) is 0.988. The number of carbonyl (C=O) groups excluding carboxylic acids is 1. The Morgan fingerprint density at radius 2 is 2.36 bits per heavy atom. The fourth-order valence-corrected chi connectivity index (χ4v) is 1.77. The summed E-state index contributed by atoms with van der Waals surface area (Å²) in [5.74, 6) is 0.560. The second kappa shape index (κ2) is 5.10. The molecule has 0 bridgehead atoms. The van der Waals surface area contributed by atoms with Gasteiger partial charge in [-0.3, -0.25) is 4.79 Å². The molecule has 1 rings (SSSR count). The summed E-state index contributed by atoms with van der Waals surface area (Å²) >= 11 is 1.54. The van der Waals surface area contributed by atoms with E-state index in [4.69, 9.17) is 0 Å². The second-order valence-corrected chi connectivity index (χ2v) is 4.70. The van der Waals surface area contributed by atoms with Crippen LogP contribution >= 0.6 is 11.3 Å². The molecule has 0 aliphatic rings. The van der Waals surface area contributed by atoms with Crippen molar-refractivity contribution in [3.63, 3.8) is 0 Å². The highest BCUT2D eigenvalue weighted by molar-refractivity contribution is 7.09. The van der Waals surface area contributed by atoms with Gasteiger partial charge in [-0.2, -0.15) is 0 Å². The molecule has 0 fully saturated rings. The van der Waals surface area contributed by atoms with Crippen LogP contribution in [0.1, 0.15) is 24.5 Å². The van der Waals surface area contributed by atoms with Crippen molar-refractivity contribution in [3.05, 3.63) is 16.1 Å². The molecular weight excluding hydrogens is 196 g/mol. The number of hydrogen-bond donors (Lipinski definition) is 1. The molecule has 0 spiro atoms. The Kier molecular flexibility index (Phi) is 4.07. The highest BCUT2D eigenvalue weighted by atomic mass is 32.1. The first-order valence-corrected chi connectivity index (χ1v) is 5.63. The van der Waals surface area contributed by atoms with E-state index in [2.05, 4.69) is 24.1 Å². The molecule has 1 aromatic rings. The third kappa shape index (κ3) is 3.87. The number of nitrogens with zero attached hydrogens (tertiary/aromatic N) is 1. The molecule has 0 aliphatic heterocycles. The Morgan fingerprint density at radius 3 is 2.86 bits per heavy atom. The van der Waals surface area contributed by atoms with Crippen LogP contribution in [0.5, 0.6) is 0 Å². The van der Waals surface area contributed by atoms with Crippen molar-refractivity contribution in [2.45, 2.75) is 27.2 Å². The quantitative estimate of drug-likeness (QED) is 0.826. The van der Waals surface area contributed by atoms with Gasteiger partial charge in [0, 0.05) is 17.6 Å². The highest BCUT2D eigenvalue weighted by Crippen LogP contribution is 2.08. The molecule has 0 radical (unpaired) electrons. The number of carbonyl (C=O) groups is 1. The van der Waals surface area contributed by atoms with E-state index in [1.165, 1.54) is 0 Å². The zero-order valence-electron chi connectivity index (χ0n) is 8.83. The van der Waals surface area contributed by atoms with Crippen LogP contribution in [0.3, 0.4) is 0 Å². The fraction of sp³-hybridized carbons (Fsp3) is 0.600. The zero-order chi connectivity index (χ0) is 10.6. The van der Waals surface area contributed by atoms with Crippen molar-refractivity contribution < 1.29 is 4.79 Å². The summed E-state index contributed by atoms with van der Waals surface area (Å²) < 4.78 is 0. The van der Waals surface area contributed by atoms with Crippen molar-refractivity contribution in [1.29, 1.82) is 0 Å². The van der Waals surface area contributed by atoms with Crippen LogP contribution in [-0.2, 0) is 11.2 Å². The topological polar surface area (TPSA) is 42.0 Å². The SMILES string of the molecule is Cc1csc(CC(=O)NCC(C)C)n1. The number of nitrogens with one attached hydrogen (secondary N) is 1. The number of hydrogen-bond acceptors (Lipinski definition) is 3. The van der Waals surface area contributed by atoms with Gasteiger partial charge in [0.25, 0.3) is 0 Å². The van der Waals surface area contributed by atoms with Crippen LogP contribution in [0.2, 0.25) is 0 Å². The van der Waals surface area contributed by atoms with E-state index < -0.39 is 0 Å². The lowest BCUT2D eigenvalue weighted by atomic mass is 10.2. The van der Waals surface area contributed by atoms with Crippen molar-refractivity contribution in [2.75, 3.05) is 6.54 Å². The normalized spacial score (nSPS) is 10.6. The van der Waals surface area contributed by atoms with Crippen LogP contribution in [0.4, 0.5) is 0 Å². The molecule has 1 N–H and O–H groups in total. The minimum atomic E-state index is 0.0630. The van der Waals surface area contributed by atoms with Gasteiger partial charge in [-0.1, -0.05) is 13.8 Å². The standard InChI is InChI=1S/C10H16N2OS/c1-7(2)5-11-9(13)4-10-12-8(3)6-14-10/h6-7H,4-5H2,1-3H3,(H,11,13). The van der Waals surface area contributed by atoms with Gasteiger partial charge in [-0.25, -0.2) is 4.98 Å². The van der Waals surface area contributed by atoms with Gasteiger partial charge >= 0.3 is 0 Å². The van der Waals surface area contributed by atoms with Gasteiger partial charge in [0.15, 0.2) is 0 Å². The Balaban J connectivity index is 2.34. The first-order chi connectivity index (χ1) is 6.58. The summed E-state index contributed by atoms with van der Waals surface area (Å²) in [6, 6.07) is 0. The first kappa shape index (κ1) is 11.2. The van der Waals surface area contributed by atoms with Gasteiger partial charge in [-0.05, 0) is 12.8 Å². The minimum absolute atomic E-state index is 0.0630. The monoisotopic (exact) mass is 212 g/mol. The predicted octanol–water partition coefficient (Wildman–Crippen LogP) is 1.77. The maximum absolute atomic E-state index is 11.4. The van der Waals surface area contributed by atoms with Crippen molar-refractivity contribution in [2.24, 2.45) is 5.92 Å². The second-order valence-electron chi connectivity index (χ2n) is 3.76. The van der Waals surface area contributed by atoms with E-state index in [-0.39, 0.29) is 5.91 Å². The zero-order valence-corrected chi connectivity index (χ0v) is 9.65. The highest BCUT2D eigenvalue weighted by Gasteiger charge is 2.06. The molecule has 0 saturated heterocycles. The van der Waals surface area contributed by atoms with Crippen LogP contribution in [-0.4, -0.2) is 17.4 Å². The number of rotatable bonds is 4. The van der Waals surface area contributed by atoms with Gasteiger partial charge in [0.1, 0.15) is 5.01 Å². The Morgan fingerprint density at radius 1 is 1.64 bits per heavy atom. The van der Waals surface area contributed by atoms with Crippen molar-refractivity contribution >= 4 is 17.2 Å². The smallest absolute Gasteiger partial charge is 0.226 e. The van der Waals surface area contributed by atoms with Crippen LogP contribution in [0.25, 0.3) is 0 Å². The van der Waals surface area contributed by atoms with Crippen LogP contribution in [0.15, 0.2) is 5.38 Å². The Hall–Kier alpha value is -0.900. The average Bonchev–Trinajstić information content (AvgIpc) is 2.48. The number of aromatic nitrogens is 1. The fourth-order valence-electron chi connectivity index (χ4n) is 1.00. The molecule has 0 aliphatic carbocycles. The lowest BCUT2D eigenvalue weighted by Crippen LogP contribution is -2.28. The predicted molar refractivity (Wildman–Crippen MR) is 58.4 cm³/mol. The van der Waals surface area contributed by atoms with Crippen molar-refractivity contribution in [3.8, 4) is 0 Å². The van der Waals surface area contributed by atoms with E-state index in [1.807, 2.05) is 12.3 Å². The number of amides is 1. The molecule has 4 heteroatoms. The largest absolute Gasteiger partial charge is 0.355 e. The molecule has 14 heavy (non-hydrogen) atoms. The molecule has 0 saturated carbocycles. The van der Waals surface area contributed by atoms with Gasteiger partial charge in [-0.15, -0.1) is 11.3 Å².